The molecule has 0 fully saturated rings. The van der Waals surface area contributed by atoms with Gasteiger partial charge in [-0.15, -0.1) is 0 Å². The second-order valence-corrected chi connectivity index (χ2v) is 5.23. The lowest BCUT2D eigenvalue weighted by molar-refractivity contribution is -0.123. The fourth-order valence-electron chi connectivity index (χ4n) is 1.85. The normalized spacial score (nSPS) is 11.3. The summed E-state index contributed by atoms with van der Waals surface area (Å²) in [5.74, 6) is 0.957. The molecule has 0 aliphatic heterocycles. The summed E-state index contributed by atoms with van der Waals surface area (Å²) in [7, 11) is 0. The van der Waals surface area contributed by atoms with E-state index in [0.717, 1.165) is 11.1 Å². The molecule has 1 heterocycles. The van der Waals surface area contributed by atoms with Gasteiger partial charge in [-0.25, -0.2) is 5.43 Å². The largest absolute Gasteiger partial charge is 0.484 e. The molecule has 0 saturated heterocycles. The summed E-state index contributed by atoms with van der Waals surface area (Å²) in [4.78, 5) is 11.6. The smallest absolute Gasteiger partial charge is 0.277 e. The van der Waals surface area contributed by atoms with Crippen molar-refractivity contribution in [2.45, 2.75) is 13.8 Å². The van der Waals surface area contributed by atoms with Gasteiger partial charge in [0.1, 0.15) is 11.5 Å². The van der Waals surface area contributed by atoms with Gasteiger partial charge in [0.25, 0.3) is 5.91 Å². The number of ether oxygens (including phenoxy) is 1. The van der Waals surface area contributed by atoms with E-state index in [9.17, 15) is 4.79 Å². The van der Waals surface area contributed by atoms with Crippen LogP contribution in [-0.4, -0.2) is 18.7 Å². The van der Waals surface area contributed by atoms with E-state index in [2.05, 4.69) is 10.5 Å². The highest BCUT2D eigenvalue weighted by Crippen LogP contribution is 2.25. The minimum Gasteiger partial charge on any atom is -0.484 e. The lowest BCUT2D eigenvalue weighted by atomic mass is 10.1. The number of aryl methyl sites for hydroxylation is 2. The van der Waals surface area contributed by atoms with Crippen LogP contribution in [0.25, 0.3) is 6.08 Å². The van der Waals surface area contributed by atoms with Gasteiger partial charge in [0.05, 0.1) is 6.26 Å². The lowest BCUT2D eigenvalue weighted by Crippen LogP contribution is -2.24. The number of allylic oxidation sites excluding steroid dienone is 1. The summed E-state index contributed by atoms with van der Waals surface area (Å²) in [5.41, 5.74) is 4.18. The standard InChI is InChI=1S/C17H17ClN2O3/c1-12-9-15(10-13(2)17(12)18)23-11-16(21)20-19-7-3-5-14-6-4-8-22-14/h3-10H,11H2,1-2H3,(H,20,21). The minimum atomic E-state index is -0.349. The highest BCUT2D eigenvalue weighted by Gasteiger charge is 2.05. The number of carbonyl (C=O) groups is 1. The maximum Gasteiger partial charge on any atom is 0.277 e. The van der Waals surface area contributed by atoms with E-state index in [1.54, 1.807) is 36.6 Å². The number of carbonyl (C=O) groups excluding carboxylic acids is 1. The second-order valence-electron chi connectivity index (χ2n) is 4.85. The average molecular weight is 333 g/mol. The second kappa shape index (κ2) is 8.19. The molecular formula is C17H17ClN2O3. The van der Waals surface area contributed by atoms with Crippen molar-refractivity contribution < 1.29 is 13.9 Å². The Morgan fingerprint density at radius 3 is 2.78 bits per heavy atom. The Hall–Kier alpha value is -2.53. The summed E-state index contributed by atoms with van der Waals surface area (Å²) >= 11 is 6.08. The van der Waals surface area contributed by atoms with Gasteiger partial charge in [-0.1, -0.05) is 11.6 Å². The number of halogens is 1. The van der Waals surface area contributed by atoms with Gasteiger partial charge < -0.3 is 9.15 Å². The van der Waals surface area contributed by atoms with Crippen molar-refractivity contribution in [1.29, 1.82) is 0 Å². The van der Waals surface area contributed by atoms with Crippen LogP contribution in [0.4, 0.5) is 0 Å². The number of nitrogens with zero attached hydrogens (tertiary/aromatic N) is 1. The molecule has 6 heteroatoms. The zero-order valence-electron chi connectivity index (χ0n) is 12.9. The molecule has 0 unspecified atom stereocenters. The van der Waals surface area contributed by atoms with Crippen LogP contribution in [0.1, 0.15) is 16.9 Å². The number of hydrogen-bond donors (Lipinski definition) is 1. The van der Waals surface area contributed by atoms with Gasteiger partial charge in [-0.05, 0) is 61.4 Å². The summed E-state index contributed by atoms with van der Waals surface area (Å²) in [6.45, 7) is 3.65. The predicted molar refractivity (Wildman–Crippen MR) is 90.8 cm³/mol. The zero-order chi connectivity index (χ0) is 16.7. The first-order valence-corrected chi connectivity index (χ1v) is 7.35. The van der Waals surface area contributed by atoms with Crippen LogP contribution in [0.3, 0.4) is 0 Å². The lowest BCUT2D eigenvalue weighted by Gasteiger charge is -2.09. The molecule has 23 heavy (non-hydrogen) atoms. The van der Waals surface area contributed by atoms with Crippen molar-refractivity contribution in [3.63, 3.8) is 0 Å². The van der Waals surface area contributed by atoms with Crippen molar-refractivity contribution >= 4 is 29.8 Å². The van der Waals surface area contributed by atoms with E-state index >= 15 is 0 Å². The molecule has 0 aliphatic carbocycles. The molecular weight excluding hydrogens is 316 g/mol. The van der Waals surface area contributed by atoms with Gasteiger partial charge in [0.15, 0.2) is 6.61 Å². The van der Waals surface area contributed by atoms with Crippen LogP contribution in [0.2, 0.25) is 5.02 Å². The molecule has 2 rings (SSSR count). The highest BCUT2D eigenvalue weighted by atomic mass is 35.5. The summed E-state index contributed by atoms with van der Waals surface area (Å²) in [5, 5.41) is 4.48. The third kappa shape index (κ3) is 5.30. The quantitative estimate of drug-likeness (QED) is 0.647. The van der Waals surface area contributed by atoms with Crippen molar-refractivity contribution in [3.8, 4) is 5.75 Å². The molecule has 0 spiro atoms. The highest BCUT2D eigenvalue weighted by molar-refractivity contribution is 6.32. The van der Waals surface area contributed by atoms with Crippen LogP contribution >= 0.6 is 11.6 Å². The first kappa shape index (κ1) is 16.8. The summed E-state index contributed by atoms with van der Waals surface area (Å²) in [6, 6.07) is 7.18. The van der Waals surface area contributed by atoms with E-state index < -0.39 is 0 Å². The Kier molecular flexibility index (Phi) is 6.00. The molecule has 1 N–H and O–H groups in total. The molecule has 0 atom stereocenters. The van der Waals surface area contributed by atoms with E-state index in [4.69, 9.17) is 20.8 Å². The zero-order valence-corrected chi connectivity index (χ0v) is 13.6. The predicted octanol–water partition coefficient (Wildman–Crippen LogP) is 3.74. The molecule has 1 amide bonds. The van der Waals surface area contributed by atoms with Crippen LogP contribution in [-0.2, 0) is 4.79 Å². The topological polar surface area (TPSA) is 63.8 Å². The number of hydrogen-bond acceptors (Lipinski definition) is 4. The Morgan fingerprint density at radius 1 is 1.39 bits per heavy atom. The average Bonchev–Trinajstić information content (AvgIpc) is 3.03. The Bertz CT molecular complexity index is 698. The molecule has 0 radical (unpaired) electrons. The van der Waals surface area contributed by atoms with Crippen molar-refractivity contribution in [2.75, 3.05) is 6.61 Å². The molecule has 2 aromatic rings. The van der Waals surface area contributed by atoms with Crippen molar-refractivity contribution in [3.05, 3.63) is 58.5 Å². The number of benzene rings is 1. The number of furan rings is 1. The number of rotatable bonds is 6. The summed E-state index contributed by atoms with van der Waals surface area (Å²) < 4.78 is 10.5. The van der Waals surface area contributed by atoms with Gasteiger partial charge in [-0.3, -0.25) is 4.79 Å². The van der Waals surface area contributed by atoms with Crippen molar-refractivity contribution in [2.24, 2.45) is 5.10 Å². The van der Waals surface area contributed by atoms with E-state index in [1.165, 1.54) is 6.21 Å². The van der Waals surface area contributed by atoms with Gasteiger partial charge >= 0.3 is 0 Å². The van der Waals surface area contributed by atoms with E-state index in [1.807, 2.05) is 19.9 Å². The molecule has 5 nitrogen and oxygen atoms in total. The van der Waals surface area contributed by atoms with Gasteiger partial charge in [0, 0.05) is 11.2 Å². The molecule has 0 aliphatic rings. The number of nitrogens with one attached hydrogen (secondary N) is 1. The molecule has 0 bridgehead atoms. The van der Waals surface area contributed by atoms with Crippen LogP contribution in [0, 0.1) is 13.8 Å². The molecule has 1 aromatic heterocycles. The van der Waals surface area contributed by atoms with Crippen LogP contribution < -0.4 is 10.2 Å². The maximum absolute atomic E-state index is 11.6. The van der Waals surface area contributed by atoms with E-state index in [-0.39, 0.29) is 12.5 Å². The SMILES string of the molecule is Cc1cc(OCC(=O)NN=CC=Cc2ccco2)cc(C)c1Cl. The molecule has 0 saturated carbocycles. The number of hydrazone groups is 1. The van der Waals surface area contributed by atoms with Crippen LogP contribution in [0.5, 0.6) is 5.75 Å². The maximum atomic E-state index is 11.6. The monoisotopic (exact) mass is 332 g/mol. The Labute approximate surface area is 139 Å². The third-order valence-corrected chi connectivity index (χ3v) is 3.53. The first-order chi connectivity index (χ1) is 11.1. The molecule has 1 aromatic carbocycles. The minimum absolute atomic E-state index is 0.125. The third-order valence-electron chi connectivity index (χ3n) is 2.93. The van der Waals surface area contributed by atoms with E-state index in [0.29, 0.717) is 16.5 Å². The fourth-order valence-corrected chi connectivity index (χ4v) is 1.96. The van der Waals surface area contributed by atoms with Gasteiger partial charge in [0.2, 0.25) is 0 Å². The summed E-state index contributed by atoms with van der Waals surface area (Å²) in [6.07, 6.45) is 6.42. The van der Waals surface area contributed by atoms with Crippen LogP contribution in [0.15, 0.2) is 46.1 Å². The molecule has 120 valence electrons. The first-order valence-electron chi connectivity index (χ1n) is 6.98. The Morgan fingerprint density at radius 2 is 2.13 bits per heavy atom. The fraction of sp³-hybridized carbons (Fsp3) is 0.176. The Balaban J connectivity index is 1.77. The number of amides is 1. The van der Waals surface area contributed by atoms with Crippen molar-refractivity contribution in [1.82, 2.24) is 5.43 Å². The van der Waals surface area contributed by atoms with Gasteiger partial charge in [-0.2, -0.15) is 5.10 Å².